The Morgan fingerprint density at radius 3 is 2.09 bits per heavy atom. The van der Waals surface area contributed by atoms with Crippen LogP contribution in [0.3, 0.4) is 0 Å². The minimum absolute atomic E-state index is 0.0772. The average Bonchev–Trinajstić information content (AvgIpc) is 3.84. The van der Waals surface area contributed by atoms with E-state index in [0.29, 0.717) is 22.6 Å². The molecule has 0 bridgehead atoms. The first kappa shape index (κ1) is 34.5. The van der Waals surface area contributed by atoms with Crippen molar-refractivity contribution in [2.45, 2.75) is 26.2 Å². The van der Waals surface area contributed by atoms with Crippen molar-refractivity contribution in [3.8, 4) is 62.6 Å². The van der Waals surface area contributed by atoms with Crippen molar-refractivity contribution in [1.82, 2.24) is 19.1 Å². The molecule has 7 heteroatoms. The maximum atomic E-state index is 15.6. The monoisotopic (exact) mass is 729 g/mol. The van der Waals surface area contributed by atoms with Gasteiger partial charge in [-0.1, -0.05) is 99.6 Å². The van der Waals surface area contributed by atoms with Crippen LogP contribution in [0, 0.1) is 17.1 Å². The summed E-state index contributed by atoms with van der Waals surface area (Å²) in [5.74, 6) is 0.786. The summed E-state index contributed by atoms with van der Waals surface area (Å²) in [5.41, 5.74) is 10.0. The van der Waals surface area contributed by atoms with Crippen LogP contribution in [0.4, 0.5) is 4.39 Å². The Hall–Kier alpha value is -7.30. The maximum absolute atomic E-state index is 15.6. The van der Waals surface area contributed by atoms with E-state index in [1.165, 1.54) is 6.07 Å². The zero-order chi connectivity index (χ0) is 38.4. The van der Waals surface area contributed by atoms with Gasteiger partial charge in [0.15, 0.2) is 11.6 Å². The molecule has 6 nitrogen and oxygen atoms in total. The molecule has 270 valence electrons. The van der Waals surface area contributed by atoms with Crippen molar-refractivity contribution in [2.75, 3.05) is 0 Å². The minimum atomic E-state index is -0.493. The summed E-state index contributed by atoms with van der Waals surface area (Å²) in [6.45, 7) is 6.51. The largest absolute Gasteiger partial charge is 0.454 e. The molecule has 0 atom stereocenters. The van der Waals surface area contributed by atoms with E-state index in [-0.39, 0.29) is 11.2 Å². The first-order valence-corrected chi connectivity index (χ1v) is 18.5. The van der Waals surface area contributed by atoms with Gasteiger partial charge in [-0.15, -0.1) is 0 Å². The molecule has 0 fully saturated rings. The molecule has 6 aromatic carbocycles. The first-order chi connectivity index (χ1) is 27.2. The third-order valence-corrected chi connectivity index (χ3v) is 10.2. The summed E-state index contributed by atoms with van der Waals surface area (Å²) in [5, 5.41) is 11.6. The second-order valence-electron chi connectivity index (χ2n) is 14.9. The van der Waals surface area contributed by atoms with Gasteiger partial charge < -0.3 is 9.30 Å². The number of aromatic nitrogens is 4. The highest BCUT2D eigenvalue weighted by Crippen LogP contribution is 2.39. The highest BCUT2D eigenvalue weighted by molar-refractivity contribution is 6.10. The lowest BCUT2D eigenvalue weighted by Gasteiger charge is -2.20. The number of halogens is 1. The molecular weight excluding hydrogens is 694 g/mol. The number of rotatable bonds is 7. The standard InChI is InChI=1S/C49H36FN5O/c1-49(2,3)36-23-24-52-47(27-36)55-44-22-17-32(29-51)25-41(44)40-20-19-37(28-45(40)55)56-46-26-35(18-21-42(46)50)43-30-54(31-53-43)48-38(33-11-6-4-7-12-33)15-10-16-39(48)34-13-8-5-9-14-34/h4-28,30-31H,1-3H3. The minimum Gasteiger partial charge on any atom is -0.454 e. The van der Waals surface area contributed by atoms with E-state index in [1.807, 2.05) is 95.8 Å². The lowest BCUT2D eigenvalue weighted by molar-refractivity contribution is 0.443. The molecule has 9 rings (SSSR count). The fourth-order valence-electron chi connectivity index (χ4n) is 7.37. The number of nitrogens with zero attached hydrogens (tertiary/aromatic N) is 5. The lowest BCUT2D eigenvalue weighted by Crippen LogP contribution is -2.12. The van der Waals surface area contributed by atoms with Gasteiger partial charge in [-0.05, 0) is 82.8 Å². The second kappa shape index (κ2) is 13.8. The van der Waals surface area contributed by atoms with Gasteiger partial charge in [-0.2, -0.15) is 5.26 Å². The first-order valence-electron chi connectivity index (χ1n) is 18.5. The normalized spacial score (nSPS) is 11.6. The van der Waals surface area contributed by atoms with Gasteiger partial charge in [0, 0.05) is 45.9 Å². The molecule has 0 spiro atoms. The third kappa shape index (κ3) is 6.27. The Kier molecular flexibility index (Phi) is 8.52. The van der Waals surface area contributed by atoms with Crippen LogP contribution in [-0.4, -0.2) is 19.1 Å². The summed E-state index contributed by atoms with van der Waals surface area (Å²) in [6.07, 6.45) is 5.60. The van der Waals surface area contributed by atoms with E-state index in [4.69, 9.17) is 14.7 Å². The molecule has 0 N–H and O–H groups in total. The van der Waals surface area contributed by atoms with Crippen LogP contribution >= 0.6 is 0 Å². The summed E-state index contributed by atoms with van der Waals surface area (Å²) < 4.78 is 26.0. The van der Waals surface area contributed by atoms with Crippen LogP contribution in [0.25, 0.3) is 66.8 Å². The highest BCUT2D eigenvalue weighted by atomic mass is 19.1. The number of pyridine rings is 1. The van der Waals surface area contributed by atoms with Crippen LogP contribution in [0.15, 0.2) is 164 Å². The predicted molar refractivity (Wildman–Crippen MR) is 222 cm³/mol. The van der Waals surface area contributed by atoms with Crippen LogP contribution < -0.4 is 4.74 Å². The Bertz CT molecular complexity index is 2890. The highest BCUT2D eigenvalue weighted by Gasteiger charge is 2.20. The zero-order valence-electron chi connectivity index (χ0n) is 31.1. The SMILES string of the molecule is CC(C)(C)c1ccnc(-n2c3ccc(C#N)cc3c3ccc(Oc4cc(-c5cn(-c6c(-c7ccccc7)cccc6-c6ccccc6)cn5)ccc4F)cc32)c1. The molecule has 0 aliphatic carbocycles. The smallest absolute Gasteiger partial charge is 0.165 e. The molecule has 0 aliphatic rings. The summed E-state index contributed by atoms with van der Waals surface area (Å²) in [4.78, 5) is 9.58. The Morgan fingerprint density at radius 1 is 0.661 bits per heavy atom. The maximum Gasteiger partial charge on any atom is 0.165 e. The van der Waals surface area contributed by atoms with Crippen LogP contribution in [0.5, 0.6) is 11.5 Å². The number of hydrogen-bond acceptors (Lipinski definition) is 4. The zero-order valence-corrected chi connectivity index (χ0v) is 31.1. The molecule has 0 unspecified atom stereocenters. The average molecular weight is 730 g/mol. The van der Waals surface area contributed by atoms with Crippen LogP contribution in [-0.2, 0) is 5.41 Å². The number of benzene rings is 6. The Labute approximate surface area is 324 Å². The van der Waals surface area contributed by atoms with E-state index in [2.05, 4.69) is 79.9 Å². The summed E-state index contributed by atoms with van der Waals surface area (Å²) in [6, 6.07) is 49.5. The number of imidazole rings is 1. The van der Waals surface area contributed by atoms with Gasteiger partial charge >= 0.3 is 0 Å². The molecule has 3 heterocycles. The van der Waals surface area contributed by atoms with Crippen molar-refractivity contribution in [3.05, 3.63) is 181 Å². The number of para-hydroxylation sites is 1. The van der Waals surface area contributed by atoms with E-state index in [0.717, 1.165) is 61.1 Å². The molecule has 0 saturated heterocycles. The van der Waals surface area contributed by atoms with E-state index in [1.54, 1.807) is 18.5 Å². The fraction of sp³-hybridized carbons (Fsp3) is 0.0816. The molecule has 3 aromatic heterocycles. The number of hydrogen-bond donors (Lipinski definition) is 0. The number of nitriles is 1. The number of fused-ring (bicyclic) bond motifs is 3. The fourth-order valence-corrected chi connectivity index (χ4v) is 7.37. The van der Waals surface area contributed by atoms with E-state index in [9.17, 15) is 5.26 Å². The molecular formula is C49H36FN5O. The topological polar surface area (TPSA) is 68.7 Å². The van der Waals surface area contributed by atoms with E-state index < -0.39 is 5.82 Å². The molecule has 56 heavy (non-hydrogen) atoms. The third-order valence-electron chi connectivity index (χ3n) is 10.2. The predicted octanol–water partition coefficient (Wildman–Crippen LogP) is 12.5. The van der Waals surface area contributed by atoms with Gasteiger partial charge in [-0.3, -0.25) is 4.57 Å². The van der Waals surface area contributed by atoms with Gasteiger partial charge in [0.1, 0.15) is 11.6 Å². The van der Waals surface area contributed by atoms with Gasteiger partial charge in [-0.25, -0.2) is 14.4 Å². The Balaban J connectivity index is 1.11. The van der Waals surface area contributed by atoms with Crippen molar-refractivity contribution in [1.29, 1.82) is 5.26 Å². The summed E-state index contributed by atoms with van der Waals surface area (Å²) in [7, 11) is 0. The van der Waals surface area contributed by atoms with Crippen LogP contribution in [0.2, 0.25) is 0 Å². The molecule has 0 saturated carbocycles. The Morgan fingerprint density at radius 2 is 1.39 bits per heavy atom. The quantitative estimate of drug-likeness (QED) is 0.164. The van der Waals surface area contributed by atoms with Crippen molar-refractivity contribution in [2.24, 2.45) is 0 Å². The molecule has 9 aromatic rings. The van der Waals surface area contributed by atoms with Crippen molar-refractivity contribution >= 4 is 21.8 Å². The summed E-state index contributed by atoms with van der Waals surface area (Å²) >= 11 is 0. The molecule has 0 aliphatic heterocycles. The van der Waals surface area contributed by atoms with Gasteiger partial charge in [0.25, 0.3) is 0 Å². The molecule has 0 radical (unpaired) electrons. The second-order valence-corrected chi connectivity index (χ2v) is 14.9. The van der Waals surface area contributed by atoms with Crippen LogP contribution in [0.1, 0.15) is 31.9 Å². The lowest BCUT2D eigenvalue weighted by atomic mass is 9.88. The number of ether oxygens (including phenoxy) is 1. The van der Waals surface area contributed by atoms with E-state index >= 15 is 4.39 Å². The van der Waals surface area contributed by atoms with Gasteiger partial charge in [0.2, 0.25) is 0 Å². The van der Waals surface area contributed by atoms with Gasteiger partial charge in [0.05, 0.1) is 40.4 Å². The van der Waals surface area contributed by atoms with Crippen molar-refractivity contribution in [3.63, 3.8) is 0 Å². The molecule has 0 amide bonds. The van der Waals surface area contributed by atoms with Crippen molar-refractivity contribution < 1.29 is 9.13 Å².